The van der Waals surface area contributed by atoms with Crippen LogP contribution in [0.2, 0.25) is 0 Å². The Labute approximate surface area is 220 Å². The highest BCUT2D eigenvalue weighted by atomic mass is 16.5. The van der Waals surface area contributed by atoms with Crippen LogP contribution in [0.4, 0.5) is 0 Å². The molecule has 0 aromatic carbocycles. The average Bonchev–Trinajstić information content (AvgIpc) is 2.83. The first-order chi connectivity index (χ1) is 17.1. The van der Waals surface area contributed by atoms with Gasteiger partial charge in [-0.2, -0.15) is 0 Å². The minimum Gasteiger partial charge on any atom is -0.466 e. The highest BCUT2D eigenvalue weighted by molar-refractivity contribution is 5.69. The molecular weight excluding hydrogens is 430 g/mol. The third kappa shape index (κ3) is 27.6. The Morgan fingerprint density at radius 2 is 1.14 bits per heavy atom. The van der Waals surface area contributed by atoms with Gasteiger partial charge in [-0.15, -0.1) is 0 Å². The SMILES string of the molecule is CCCCCCCCCC(CCCCCC/C=C\CCCCCCCC(=O)OCC)CCN(C)C. The van der Waals surface area contributed by atoms with Gasteiger partial charge in [0.15, 0.2) is 0 Å². The van der Waals surface area contributed by atoms with Crippen molar-refractivity contribution in [1.82, 2.24) is 4.90 Å². The van der Waals surface area contributed by atoms with Gasteiger partial charge in [0.2, 0.25) is 0 Å². The Morgan fingerprint density at radius 3 is 1.66 bits per heavy atom. The normalized spacial score (nSPS) is 12.6. The molecule has 0 aromatic heterocycles. The van der Waals surface area contributed by atoms with Gasteiger partial charge in [0.25, 0.3) is 0 Å². The molecule has 0 bridgehead atoms. The third-order valence-electron chi connectivity index (χ3n) is 7.16. The predicted molar refractivity (Wildman–Crippen MR) is 155 cm³/mol. The van der Waals surface area contributed by atoms with Crippen molar-refractivity contribution in [2.24, 2.45) is 5.92 Å². The molecule has 0 fully saturated rings. The van der Waals surface area contributed by atoms with Gasteiger partial charge < -0.3 is 9.64 Å². The molecule has 0 N–H and O–H groups in total. The Kier molecular flexibility index (Phi) is 27.1. The summed E-state index contributed by atoms with van der Waals surface area (Å²) in [6.45, 7) is 5.92. The van der Waals surface area contributed by atoms with Crippen LogP contribution in [0, 0.1) is 5.92 Å². The van der Waals surface area contributed by atoms with Crippen LogP contribution in [0.5, 0.6) is 0 Å². The molecule has 0 saturated heterocycles. The van der Waals surface area contributed by atoms with Gasteiger partial charge in [0, 0.05) is 6.42 Å². The topological polar surface area (TPSA) is 29.5 Å². The quantitative estimate of drug-likeness (QED) is 0.0647. The van der Waals surface area contributed by atoms with Crippen molar-refractivity contribution in [3.63, 3.8) is 0 Å². The van der Waals surface area contributed by atoms with Gasteiger partial charge in [-0.25, -0.2) is 0 Å². The lowest BCUT2D eigenvalue weighted by Crippen LogP contribution is -2.17. The van der Waals surface area contributed by atoms with E-state index in [1.165, 1.54) is 129 Å². The van der Waals surface area contributed by atoms with Crippen molar-refractivity contribution in [1.29, 1.82) is 0 Å². The number of unbranched alkanes of at least 4 members (excludes halogenated alkanes) is 15. The fraction of sp³-hybridized carbons (Fsp3) is 0.906. The first-order valence-corrected chi connectivity index (χ1v) is 15.5. The molecule has 0 rings (SSSR count). The van der Waals surface area contributed by atoms with Crippen LogP contribution < -0.4 is 0 Å². The number of nitrogens with zero attached hydrogens (tertiary/aromatic N) is 1. The molecule has 0 aliphatic heterocycles. The molecule has 3 nitrogen and oxygen atoms in total. The number of carbonyl (C=O) groups is 1. The molecular formula is C32H63NO2. The highest BCUT2D eigenvalue weighted by Gasteiger charge is 2.09. The van der Waals surface area contributed by atoms with Crippen LogP contribution in [-0.4, -0.2) is 38.1 Å². The number of esters is 1. The van der Waals surface area contributed by atoms with E-state index in [0.717, 1.165) is 18.8 Å². The second-order valence-corrected chi connectivity index (χ2v) is 10.9. The number of hydrogen-bond donors (Lipinski definition) is 0. The molecule has 0 aliphatic carbocycles. The molecule has 0 aromatic rings. The molecule has 0 radical (unpaired) electrons. The smallest absolute Gasteiger partial charge is 0.305 e. The maximum absolute atomic E-state index is 11.3. The predicted octanol–water partition coefficient (Wildman–Crippen LogP) is 9.89. The average molecular weight is 494 g/mol. The molecule has 3 heteroatoms. The third-order valence-corrected chi connectivity index (χ3v) is 7.16. The second kappa shape index (κ2) is 27.8. The molecule has 0 spiro atoms. The van der Waals surface area contributed by atoms with Crippen molar-refractivity contribution in [2.45, 2.75) is 155 Å². The number of carbonyl (C=O) groups excluding carboxylic acids is 1. The number of ether oxygens (including phenoxy) is 1. The molecule has 0 aliphatic rings. The summed E-state index contributed by atoms with van der Waals surface area (Å²) < 4.78 is 4.96. The monoisotopic (exact) mass is 493 g/mol. The first-order valence-electron chi connectivity index (χ1n) is 15.5. The van der Waals surface area contributed by atoms with E-state index < -0.39 is 0 Å². The summed E-state index contributed by atoms with van der Waals surface area (Å²) in [6.07, 6.45) is 33.6. The molecule has 0 saturated carbocycles. The van der Waals surface area contributed by atoms with Crippen LogP contribution in [0.15, 0.2) is 12.2 Å². The summed E-state index contributed by atoms with van der Waals surface area (Å²) in [5, 5.41) is 0. The van der Waals surface area contributed by atoms with E-state index in [9.17, 15) is 4.79 Å². The Morgan fingerprint density at radius 1 is 0.657 bits per heavy atom. The Bertz CT molecular complexity index is 460. The zero-order valence-corrected chi connectivity index (χ0v) is 24.5. The van der Waals surface area contributed by atoms with Gasteiger partial charge in [0.05, 0.1) is 6.61 Å². The van der Waals surface area contributed by atoms with Crippen LogP contribution in [0.1, 0.15) is 155 Å². The van der Waals surface area contributed by atoms with Gasteiger partial charge in [-0.05, 0) is 72.0 Å². The second-order valence-electron chi connectivity index (χ2n) is 10.9. The lowest BCUT2D eigenvalue weighted by molar-refractivity contribution is -0.143. The summed E-state index contributed by atoms with van der Waals surface area (Å²) in [6, 6.07) is 0. The molecule has 1 atom stereocenters. The fourth-order valence-electron chi connectivity index (χ4n) is 4.84. The van der Waals surface area contributed by atoms with Gasteiger partial charge in [-0.1, -0.05) is 115 Å². The van der Waals surface area contributed by atoms with Gasteiger partial charge >= 0.3 is 5.97 Å². The van der Waals surface area contributed by atoms with Crippen molar-refractivity contribution < 1.29 is 9.53 Å². The van der Waals surface area contributed by atoms with Crippen molar-refractivity contribution in [3.8, 4) is 0 Å². The van der Waals surface area contributed by atoms with E-state index in [1.807, 2.05) is 6.92 Å². The van der Waals surface area contributed by atoms with E-state index in [0.29, 0.717) is 13.0 Å². The van der Waals surface area contributed by atoms with Crippen molar-refractivity contribution >= 4 is 5.97 Å². The maximum Gasteiger partial charge on any atom is 0.305 e. The van der Waals surface area contributed by atoms with E-state index in [1.54, 1.807) is 0 Å². The summed E-state index contributed by atoms with van der Waals surface area (Å²) in [5.74, 6) is 0.904. The van der Waals surface area contributed by atoms with Crippen molar-refractivity contribution in [3.05, 3.63) is 12.2 Å². The number of allylic oxidation sites excluding steroid dienone is 2. The Hall–Kier alpha value is -0.830. The van der Waals surface area contributed by atoms with Crippen LogP contribution in [-0.2, 0) is 9.53 Å². The maximum atomic E-state index is 11.3. The minimum atomic E-state index is -0.0388. The first kappa shape index (κ1) is 34.2. The minimum absolute atomic E-state index is 0.0388. The van der Waals surface area contributed by atoms with E-state index >= 15 is 0 Å². The fourth-order valence-corrected chi connectivity index (χ4v) is 4.84. The zero-order chi connectivity index (χ0) is 25.8. The number of rotatable bonds is 27. The van der Waals surface area contributed by atoms with E-state index in [-0.39, 0.29) is 5.97 Å². The van der Waals surface area contributed by atoms with Crippen LogP contribution >= 0.6 is 0 Å². The molecule has 0 heterocycles. The van der Waals surface area contributed by atoms with Crippen molar-refractivity contribution in [2.75, 3.05) is 27.2 Å². The highest BCUT2D eigenvalue weighted by Crippen LogP contribution is 2.22. The summed E-state index contributed by atoms with van der Waals surface area (Å²) in [7, 11) is 4.43. The zero-order valence-electron chi connectivity index (χ0n) is 24.5. The lowest BCUT2D eigenvalue weighted by atomic mass is 9.91. The lowest BCUT2D eigenvalue weighted by Gasteiger charge is -2.19. The summed E-state index contributed by atoms with van der Waals surface area (Å²) >= 11 is 0. The molecule has 0 amide bonds. The van der Waals surface area contributed by atoms with E-state index in [2.05, 4.69) is 38.1 Å². The summed E-state index contributed by atoms with van der Waals surface area (Å²) in [4.78, 5) is 13.6. The molecule has 35 heavy (non-hydrogen) atoms. The van der Waals surface area contributed by atoms with Gasteiger partial charge in [0.1, 0.15) is 0 Å². The largest absolute Gasteiger partial charge is 0.466 e. The standard InChI is InChI=1S/C32H63NO2/c1-5-7-8-9-17-20-23-26-31(29-30-33(3)4)27-24-21-18-15-13-11-10-12-14-16-19-22-25-28-32(34)35-6-2/h10-11,31H,5-9,12-30H2,1-4H3/b11-10-. The summed E-state index contributed by atoms with van der Waals surface area (Å²) in [5.41, 5.74) is 0. The van der Waals surface area contributed by atoms with Crippen LogP contribution in [0.25, 0.3) is 0 Å². The molecule has 1 unspecified atom stereocenters. The Balaban J connectivity index is 3.62. The van der Waals surface area contributed by atoms with Crippen LogP contribution in [0.3, 0.4) is 0 Å². The van der Waals surface area contributed by atoms with E-state index in [4.69, 9.17) is 4.74 Å². The number of hydrogen-bond acceptors (Lipinski definition) is 3. The van der Waals surface area contributed by atoms with Gasteiger partial charge in [-0.3, -0.25) is 4.79 Å². The molecule has 208 valence electrons.